The van der Waals surface area contributed by atoms with Crippen LogP contribution in [-0.4, -0.2) is 41.1 Å². The summed E-state index contributed by atoms with van der Waals surface area (Å²) in [7, 11) is 0. The predicted molar refractivity (Wildman–Crippen MR) is 85.1 cm³/mol. The van der Waals surface area contributed by atoms with Crippen LogP contribution in [0.25, 0.3) is 0 Å². The van der Waals surface area contributed by atoms with Gasteiger partial charge in [0, 0.05) is 30.9 Å². The van der Waals surface area contributed by atoms with E-state index in [9.17, 15) is 10.1 Å². The highest BCUT2D eigenvalue weighted by Crippen LogP contribution is 2.15. The van der Waals surface area contributed by atoms with E-state index in [1.807, 2.05) is 0 Å². The quantitative estimate of drug-likeness (QED) is 0.457. The van der Waals surface area contributed by atoms with Gasteiger partial charge in [-0.3, -0.25) is 10.1 Å². The first kappa shape index (κ1) is 16.3. The van der Waals surface area contributed by atoms with Crippen LogP contribution in [0.15, 0.2) is 24.3 Å². The smallest absolute Gasteiger partial charge is 0.269 e. The summed E-state index contributed by atoms with van der Waals surface area (Å²) in [6.45, 7) is 7.96. The molecule has 0 aromatic heterocycles. The van der Waals surface area contributed by atoms with E-state index in [2.05, 4.69) is 29.4 Å². The minimum atomic E-state index is -0.426. The normalized spacial score (nSPS) is 10.3. The zero-order valence-electron chi connectivity index (χ0n) is 11.8. The number of nitrogens with one attached hydrogen (secondary N) is 2. The fourth-order valence-corrected chi connectivity index (χ4v) is 1.93. The number of non-ortho nitro benzene ring substituents is 1. The largest absolute Gasteiger partial charge is 0.361 e. The van der Waals surface area contributed by atoms with E-state index in [0.29, 0.717) is 5.11 Å². The molecule has 0 saturated carbocycles. The van der Waals surface area contributed by atoms with Crippen molar-refractivity contribution in [3.63, 3.8) is 0 Å². The predicted octanol–water partition coefficient (Wildman–Crippen LogP) is 2.22. The Kier molecular flexibility index (Phi) is 6.89. The summed E-state index contributed by atoms with van der Waals surface area (Å²) < 4.78 is 0. The summed E-state index contributed by atoms with van der Waals surface area (Å²) in [4.78, 5) is 12.4. The SMILES string of the molecule is CCN(CC)CCNC(=S)Nc1ccc([N+](=O)[O-])cc1. The van der Waals surface area contributed by atoms with Crippen molar-refractivity contribution >= 4 is 28.7 Å². The first-order valence-electron chi connectivity index (χ1n) is 6.58. The molecule has 0 atom stereocenters. The molecule has 110 valence electrons. The monoisotopic (exact) mass is 296 g/mol. The van der Waals surface area contributed by atoms with Crippen LogP contribution in [0.3, 0.4) is 0 Å². The molecule has 2 N–H and O–H groups in total. The lowest BCUT2D eigenvalue weighted by Gasteiger charge is -2.18. The van der Waals surface area contributed by atoms with Gasteiger partial charge in [0.1, 0.15) is 0 Å². The molecule has 1 aromatic carbocycles. The molecular weight excluding hydrogens is 276 g/mol. The zero-order valence-corrected chi connectivity index (χ0v) is 12.6. The molecule has 1 rings (SSSR count). The summed E-state index contributed by atoms with van der Waals surface area (Å²) >= 11 is 5.17. The maximum Gasteiger partial charge on any atom is 0.269 e. The van der Waals surface area contributed by atoms with E-state index in [1.165, 1.54) is 12.1 Å². The van der Waals surface area contributed by atoms with Crippen molar-refractivity contribution in [2.24, 2.45) is 0 Å². The van der Waals surface area contributed by atoms with Crippen molar-refractivity contribution < 1.29 is 4.92 Å². The molecule has 0 spiro atoms. The van der Waals surface area contributed by atoms with Gasteiger partial charge in [-0.05, 0) is 37.4 Å². The molecule has 0 bridgehead atoms. The lowest BCUT2D eigenvalue weighted by Crippen LogP contribution is -2.36. The first-order chi connectivity index (χ1) is 9.56. The van der Waals surface area contributed by atoms with Gasteiger partial charge in [-0.1, -0.05) is 13.8 Å². The highest BCUT2D eigenvalue weighted by Gasteiger charge is 2.05. The molecule has 0 aliphatic heterocycles. The Hall–Kier alpha value is -1.73. The molecule has 0 radical (unpaired) electrons. The van der Waals surface area contributed by atoms with Gasteiger partial charge in [-0.2, -0.15) is 0 Å². The third-order valence-corrected chi connectivity index (χ3v) is 3.19. The third-order valence-electron chi connectivity index (χ3n) is 2.94. The number of thiocarbonyl (C=S) groups is 1. The van der Waals surface area contributed by atoms with E-state index < -0.39 is 4.92 Å². The Morgan fingerprint density at radius 1 is 1.30 bits per heavy atom. The third kappa shape index (κ3) is 5.50. The van der Waals surface area contributed by atoms with Gasteiger partial charge in [0.25, 0.3) is 5.69 Å². The van der Waals surface area contributed by atoms with Gasteiger partial charge in [-0.25, -0.2) is 0 Å². The molecule has 0 fully saturated rings. The number of benzene rings is 1. The van der Waals surface area contributed by atoms with E-state index in [-0.39, 0.29) is 5.69 Å². The molecule has 6 nitrogen and oxygen atoms in total. The van der Waals surface area contributed by atoms with E-state index in [0.717, 1.165) is 31.9 Å². The van der Waals surface area contributed by atoms with Gasteiger partial charge in [0.2, 0.25) is 0 Å². The van der Waals surface area contributed by atoms with Crippen LogP contribution in [0.5, 0.6) is 0 Å². The van der Waals surface area contributed by atoms with E-state index in [4.69, 9.17) is 12.2 Å². The number of hydrogen-bond donors (Lipinski definition) is 2. The number of rotatable bonds is 7. The standard InChI is InChI=1S/C13H20N4O2S/c1-3-16(4-2)10-9-14-13(20)15-11-5-7-12(8-6-11)17(18)19/h5-8H,3-4,9-10H2,1-2H3,(H2,14,15,20). The Bertz CT molecular complexity index is 446. The van der Waals surface area contributed by atoms with Gasteiger partial charge in [-0.15, -0.1) is 0 Å². The topological polar surface area (TPSA) is 70.4 Å². The van der Waals surface area contributed by atoms with Crippen LogP contribution >= 0.6 is 12.2 Å². The molecule has 0 amide bonds. The minimum Gasteiger partial charge on any atom is -0.361 e. The number of nitrogens with zero attached hydrogens (tertiary/aromatic N) is 2. The van der Waals surface area contributed by atoms with E-state index >= 15 is 0 Å². The summed E-state index contributed by atoms with van der Waals surface area (Å²) in [5.74, 6) is 0. The van der Waals surface area contributed by atoms with Crippen molar-refractivity contribution in [2.45, 2.75) is 13.8 Å². The Morgan fingerprint density at radius 3 is 2.40 bits per heavy atom. The maximum atomic E-state index is 10.5. The Labute approximate surface area is 124 Å². The average molecular weight is 296 g/mol. The van der Waals surface area contributed by atoms with Crippen LogP contribution < -0.4 is 10.6 Å². The van der Waals surface area contributed by atoms with Crippen molar-refractivity contribution in [3.8, 4) is 0 Å². The molecule has 20 heavy (non-hydrogen) atoms. The number of likely N-dealkylation sites (N-methyl/N-ethyl adjacent to an activating group) is 1. The first-order valence-corrected chi connectivity index (χ1v) is 6.99. The second kappa shape index (κ2) is 8.44. The van der Waals surface area contributed by atoms with Gasteiger partial charge in [0.15, 0.2) is 5.11 Å². The van der Waals surface area contributed by atoms with Crippen LogP contribution in [0.2, 0.25) is 0 Å². The van der Waals surface area contributed by atoms with Crippen LogP contribution in [-0.2, 0) is 0 Å². The summed E-state index contributed by atoms with van der Waals surface area (Å²) in [6.07, 6.45) is 0. The van der Waals surface area contributed by atoms with Crippen molar-refractivity contribution in [1.82, 2.24) is 10.2 Å². The summed E-state index contributed by atoms with van der Waals surface area (Å²) in [5.41, 5.74) is 0.798. The number of nitro benzene ring substituents is 1. The van der Waals surface area contributed by atoms with Crippen molar-refractivity contribution in [1.29, 1.82) is 0 Å². The summed E-state index contributed by atoms with van der Waals surface area (Å²) in [5, 5.41) is 17.2. The van der Waals surface area contributed by atoms with Crippen molar-refractivity contribution in [3.05, 3.63) is 34.4 Å². The fraction of sp³-hybridized carbons (Fsp3) is 0.462. The lowest BCUT2D eigenvalue weighted by atomic mass is 10.3. The highest BCUT2D eigenvalue weighted by molar-refractivity contribution is 7.80. The van der Waals surface area contributed by atoms with E-state index in [1.54, 1.807) is 12.1 Å². The Balaban J connectivity index is 2.37. The molecule has 0 aliphatic rings. The average Bonchev–Trinajstić information content (AvgIpc) is 2.44. The fourth-order valence-electron chi connectivity index (χ4n) is 1.71. The number of hydrogen-bond acceptors (Lipinski definition) is 4. The molecule has 0 saturated heterocycles. The molecule has 0 heterocycles. The second-order valence-electron chi connectivity index (χ2n) is 4.21. The molecule has 0 unspecified atom stereocenters. The highest BCUT2D eigenvalue weighted by atomic mass is 32.1. The molecular formula is C13H20N4O2S. The molecule has 0 aliphatic carbocycles. The zero-order chi connectivity index (χ0) is 15.0. The number of nitro groups is 1. The minimum absolute atomic E-state index is 0.0657. The van der Waals surface area contributed by atoms with Gasteiger partial charge >= 0.3 is 0 Å². The van der Waals surface area contributed by atoms with Gasteiger partial charge in [0.05, 0.1) is 4.92 Å². The maximum absolute atomic E-state index is 10.5. The van der Waals surface area contributed by atoms with Crippen LogP contribution in [0.4, 0.5) is 11.4 Å². The molecule has 1 aromatic rings. The van der Waals surface area contributed by atoms with Crippen molar-refractivity contribution in [2.75, 3.05) is 31.5 Å². The Morgan fingerprint density at radius 2 is 1.90 bits per heavy atom. The van der Waals surface area contributed by atoms with Crippen LogP contribution in [0.1, 0.15) is 13.8 Å². The molecule has 7 heteroatoms. The van der Waals surface area contributed by atoms with Gasteiger partial charge < -0.3 is 15.5 Å². The summed E-state index contributed by atoms with van der Waals surface area (Å²) in [6, 6.07) is 6.16. The second-order valence-corrected chi connectivity index (χ2v) is 4.62. The number of anilines is 1. The lowest BCUT2D eigenvalue weighted by molar-refractivity contribution is -0.384. The van der Waals surface area contributed by atoms with Crippen LogP contribution in [0, 0.1) is 10.1 Å².